The number of hydrogen-bond donors (Lipinski definition) is 0. The molecule has 1 aliphatic heterocycles. The predicted octanol–water partition coefficient (Wildman–Crippen LogP) is 5.98. The molecular formula is C20H40BN. The highest BCUT2D eigenvalue weighted by Crippen LogP contribution is 2.41. The van der Waals surface area contributed by atoms with Crippen molar-refractivity contribution in [1.29, 1.82) is 0 Å². The molecule has 1 heterocycles. The Morgan fingerprint density at radius 1 is 1.05 bits per heavy atom. The van der Waals surface area contributed by atoms with E-state index in [4.69, 9.17) is 7.98 Å². The van der Waals surface area contributed by atoms with E-state index >= 15 is 0 Å². The molecule has 1 aliphatic rings. The highest BCUT2D eigenvalue weighted by molar-refractivity contribution is 6.04. The van der Waals surface area contributed by atoms with Crippen LogP contribution in [0.2, 0.25) is 0 Å². The van der Waals surface area contributed by atoms with Gasteiger partial charge in [-0.1, -0.05) is 66.2 Å². The normalized spacial score (nSPS) is 23.5. The molecule has 0 aromatic carbocycles. The van der Waals surface area contributed by atoms with Gasteiger partial charge in [0.2, 0.25) is 0 Å². The maximum Gasteiger partial charge on any atom is 0.182 e. The van der Waals surface area contributed by atoms with Crippen molar-refractivity contribution in [2.45, 2.75) is 98.3 Å². The van der Waals surface area contributed by atoms with Gasteiger partial charge in [-0.25, -0.2) is 0 Å². The van der Waals surface area contributed by atoms with Gasteiger partial charge >= 0.3 is 0 Å². The van der Waals surface area contributed by atoms with Crippen LogP contribution >= 0.6 is 0 Å². The van der Waals surface area contributed by atoms with Gasteiger partial charge in [-0.3, -0.25) is 0 Å². The minimum Gasteiger partial charge on any atom is -0.353 e. The number of unbranched alkanes of at least 4 members (excludes halogenated alkanes) is 3. The molecule has 1 fully saturated rings. The molecule has 0 aromatic heterocycles. The monoisotopic (exact) mass is 305 g/mol. The van der Waals surface area contributed by atoms with Gasteiger partial charge in [-0.15, -0.1) is 0 Å². The van der Waals surface area contributed by atoms with E-state index in [2.05, 4.69) is 27.7 Å². The van der Waals surface area contributed by atoms with E-state index in [1.807, 2.05) is 4.81 Å². The first-order valence-corrected chi connectivity index (χ1v) is 9.95. The average molecular weight is 305 g/mol. The second-order valence-corrected chi connectivity index (χ2v) is 8.52. The maximum atomic E-state index is 6.02. The Balaban J connectivity index is 2.41. The zero-order valence-corrected chi connectivity index (χ0v) is 15.9. The lowest BCUT2D eigenvalue weighted by Gasteiger charge is -2.37. The lowest BCUT2D eigenvalue weighted by molar-refractivity contribution is 0.139. The molecule has 1 rings (SSSR count). The molecule has 2 unspecified atom stereocenters. The quantitative estimate of drug-likeness (QED) is 0.394. The average Bonchev–Trinajstić information content (AvgIpc) is 2.55. The van der Waals surface area contributed by atoms with Crippen LogP contribution in [0.3, 0.4) is 0 Å². The van der Waals surface area contributed by atoms with Gasteiger partial charge in [0.1, 0.15) is 0 Å². The first kappa shape index (κ1) is 20.1. The summed E-state index contributed by atoms with van der Waals surface area (Å²) in [5.41, 5.74) is 0.494. The third-order valence-corrected chi connectivity index (χ3v) is 5.78. The fourth-order valence-electron chi connectivity index (χ4n) is 4.37. The summed E-state index contributed by atoms with van der Waals surface area (Å²) in [5.74, 6) is 1.77. The van der Waals surface area contributed by atoms with E-state index in [0.717, 1.165) is 24.9 Å². The van der Waals surface area contributed by atoms with Crippen LogP contribution in [-0.4, -0.2) is 25.9 Å². The molecular weight excluding hydrogens is 265 g/mol. The van der Waals surface area contributed by atoms with Gasteiger partial charge < -0.3 is 4.81 Å². The van der Waals surface area contributed by atoms with E-state index < -0.39 is 0 Å². The summed E-state index contributed by atoms with van der Waals surface area (Å²) in [6.45, 7) is 12.0. The van der Waals surface area contributed by atoms with Gasteiger partial charge in [-0.2, -0.15) is 0 Å². The molecule has 22 heavy (non-hydrogen) atoms. The topological polar surface area (TPSA) is 3.24 Å². The zero-order chi connectivity index (χ0) is 16.4. The van der Waals surface area contributed by atoms with Gasteiger partial charge in [0.15, 0.2) is 7.98 Å². The molecule has 0 bridgehead atoms. The number of hydrogen-bond acceptors (Lipinski definition) is 1. The van der Waals surface area contributed by atoms with Crippen molar-refractivity contribution in [3.8, 4) is 0 Å². The van der Waals surface area contributed by atoms with E-state index in [1.165, 1.54) is 70.6 Å². The Kier molecular flexibility index (Phi) is 9.79. The van der Waals surface area contributed by atoms with Crippen molar-refractivity contribution >= 4 is 7.98 Å². The van der Waals surface area contributed by atoms with Crippen LogP contribution < -0.4 is 0 Å². The van der Waals surface area contributed by atoms with Crippen molar-refractivity contribution in [1.82, 2.24) is 4.81 Å². The van der Waals surface area contributed by atoms with Gasteiger partial charge in [0, 0.05) is 0 Å². The van der Waals surface area contributed by atoms with Crippen molar-refractivity contribution in [3.05, 3.63) is 0 Å². The van der Waals surface area contributed by atoms with Crippen molar-refractivity contribution in [2.24, 2.45) is 17.3 Å². The Morgan fingerprint density at radius 3 is 2.45 bits per heavy atom. The minimum atomic E-state index is 0.494. The molecule has 2 radical (unpaired) electrons. The Bertz CT molecular complexity index is 277. The summed E-state index contributed by atoms with van der Waals surface area (Å²) >= 11 is 0. The highest BCUT2D eigenvalue weighted by atomic mass is 15.0. The molecule has 0 N–H and O–H groups in total. The van der Waals surface area contributed by atoms with E-state index in [1.54, 1.807) is 0 Å². The first-order valence-electron chi connectivity index (χ1n) is 9.95. The fraction of sp³-hybridized carbons (Fsp3) is 1.00. The largest absolute Gasteiger partial charge is 0.353 e. The predicted molar refractivity (Wildman–Crippen MR) is 100 cm³/mol. The van der Waals surface area contributed by atoms with E-state index in [0.29, 0.717) is 5.41 Å². The third-order valence-electron chi connectivity index (χ3n) is 5.78. The Morgan fingerprint density at radius 2 is 1.73 bits per heavy atom. The summed E-state index contributed by atoms with van der Waals surface area (Å²) in [6, 6.07) is 0. The van der Waals surface area contributed by atoms with Gasteiger partial charge in [0.05, 0.1) is 0 Å². The number of rotatable bonds is 8. The van der Waals surface area contributed by atoms with E-state index in [9.17, 15) is 0 Å². The van der Waals surface area contributed by atoms with Crippen LogP contribution in [0, 0.1) is 17.3 Å². The van der Waals surface area contributed by atoms with Crippen LogP contribution in [-0.2, 0) is 0 Å². The van der Waals surface area contributed by atoms with Crippen molar-refractivity contribution in [3.63, 3.8) is 0 Å². The summed E-state index contributed by atoms with van der Waals surface area (Å²) in [7, 11) is 6.02. The summed E-state index contributed by atoms with van der Waals surface area (Å²) in [6.07, 6.45) is 15.1. The molecule has 128 valence electrons. The van der Waals surface area contributed by atoms with Crippen LogP contribution in [0.1, 0.15) is 98.3 Å². The van der Waals surface area contributed by atoms with Gasteiger partial charge in [0.25, 0.3) is 0 Å². The summed E-state index contributed by atoms with van der Waals surface area (Å²) in [4.78, 5) is 2.03. The molecule has 2 heteroatoms. The molecule has 0 spiro atoms. The summed E-state index contributed by atoms with van der Waals surface area (Å²) in [5, 5.41) is 0. The lowest BCUT2D eigenvalue weighted by atomic mass is 9.69. The molecule has 2 atom stereocenters. The summed E-state index contributed by atoms with van der Waals surface area (Å²) < 4.78 is 0. The van der Waals surface area contributed by atoms with E-state index in [-0.39, 0.29) is 0 Å². The molecule has 0 aliphatic carbocycles. The smallest absolute Gasteiger partial charge is 0.182 e. The van der Waals surface area contributed by atoms with Crippen LogP contribution in [0.4, 0.5) is 0 Å². The molecule has 1 saturated heterocycles. The van der Waals surface area contributed by atoms with Crippen LogP contribution in [0.5, 0.6) is 0 Å². The molecule has 0 aromatic rings. The van der Waals surface area contributed by atoms with Crippen LogP contribution in [0.25, 0.3) is 0 Å². The minimum absolute atomic E-state index is 0.494. The lowest BCUT2D eigenvalue weighted by Crippen LogP contribution is -2.27. The number of nitrogens with zero attached hydrogens (tertiary/aromatic N) is 1. The second kappa shape index (κ2) is 10.7. The standard InChI is InChI=1S/C20H40BN/c1-5-6-7-8-12-18(2)17-20(3,4)19-13-9-10-15-22(21)16-11-14-19/h18-19H,5-17H2,1-4H3. The molecule has 0 amide bonds. The third kappa shape index (κ3) is 8.04. The zero-order valence-electron chi connectivity index (χ0n) is 15.9. The molecule has 1 nitrogen and oxygen atoms in total. The maximum absolute atomic E-state index is 6.02. The molecule has 0 saturated carbocycles. The van der Waals surface area contributed by atoms with Crippen molar-refractivity contribution < 1.29 is 0 Å². The van der Waals surface area contributed by atoms with Gasteiger partial charge in [-0.05, 0) is 62.4 Å². The Labute approximate surface area is 142 Å². The van der Waals surface area contributed by atoms with Crippen LogP contribution in [0.15, 0.2) is 0 Å². The fourth-order valence-corrected chi connectivity index (χ4v) is 4.37. The highest BCUT2D eigenvalue weighted by Gasteiger charge is 2.30. The SMILES string of the molecule is [B]N1CCCCC(C(C)(C)CC(C)CCCCCC)CCC1. The first-order chi connectivity index (χ1) is 10.5. The second-order valence-electron chi connectivity index (χ2n) is 8.52. The Hall–Kier alpha value is 0.0249. The van der Waals surface area contributed by atoms with Crippen molar-refractivity contribution in [2.75, 3.05) is 13.1 Å².